The van der Waals surface area contributed by atoms with Crippen LogP contribution in [-0.2, 0) is 14.6 Å². The van der Waals surface area contributed by atoms with E-state index >= 15 is 0 Å². The molecule has 0 aliphatic carbocycles. The summed E-state index contributed by atoms with van der Waals surface area (Å²) in [4.78, 5) is 23.2. The average molecular weight is 331 g/mol. The molecule has 1 aromatic rings. The molecule has 2 rings (SSSR count). The summed E-state index contributed by atoms with van der Waals surface area (Å²) >= 11 is 0. The molecule has 0 bridgehead atoms. The standard InChI is InChI=1S/C13H14FNO6S/c14-9-1-3-10(4-2-9)22(20,21)13(11(16)17)5-7-15(8-6-13)12(18)19/h1-4H,5-8H2,(H,16,17)(H,18,19). The van der Waals surface area contributed by atoms with Crippen LogP contribution in [0.25, 0.3) is 0 Å². The molecule has 0 spiro atoms. The molecular formula is C13H14FNO6S. The van der Waals surface area contributed by atoms with Crippen molar-refractivity contribution in [1.29, 1.82) is 0 Å². The summed E-state index contributed by atoms with van der Waals surface area (Å²) in [6.45, 7) is -0.385. The number of carboxylic acid groups (broad SMARTS) is 2. The third-order valence-corrected chi connectivity index (χ3v) is 6.37. The summed E-state index contributed by atoms with van der Waals surface area (Å²) in [5, 5.41) is 18.3. The maximum Gasteiger partial charge on any atom is 0.407 e. The normalized spacial score (nSPS) is 18.0. The van der Waals surface area contributed by atoms with Gasteiger partial charge in [0.05, 0.1) is 4.90 Å². The predicted octanol–water partition coefficient (Wildman–Crippen LogP) is 1.20. The molecular weight excluding hydrogens is 317 g/mol. The van der Waals surface area contributed by atoms with Gasteiger partial charge in [-0.25, -0.2) is 17.6 Å². The first-order valence-corrected chi connectivity index (χ1v) is 7.90. The molecule has 120 valence electrons. The van der Waals surface area contributed by atoms with Crippen LogP contribution in [0.1, 0.15) is 12.8 Å². The lowest BCUT2D eigenvalue weighted by Crippen LogP contribution is -2.55. The smallest absolute Gasteiger partial charge is 0.407 e. The first kappa shape index (κ1) is 16.2. The molecule has 1 heterocycles. The minimum absolute atomic E-state index is 0.192. The van der Waals surface area contributed by atoms with E-state index in [9.17, 15) is 27.5 Å². The summed E-state index contributed by atoms with van der Waals surface area (Å²) in [6.07, 6.45) is -1.93. The Morgan fingerprint density at radius 2 is 1.59 bits per heavy atom. The summed E-state index contributed by atoms with van der Waals surface area (Å²) in [7, 11) is -4.27. The van der Waals surface area contributed by atoms with Crippen molar-refractivity contribution >= 4 is 21.9 Å². The van der Waals surface area contributed by atoms with Crippen molar-refractivity contribution in [2.45, 2.75) is 22.5 Å². The van der Waals surface area contributed by atoms with E-state index in [1.54, 1.807) is 0 Å². The maximum atomic E-state index is 12.9. The molecule has 1 amide bonds. The van der Waals surface area contributed by atoms with Crippen LogP contribution >= 0.6 is 0 Å². The number of rotatable bonds is 3. The van der Waals surface area contributed by atoms with Gasteiger partial charge in [-0.1, -0.05) is 0 Å². The SMILES string of the molecule is O=C(O)N1CCC(C(=O)O)(S(=O)(=O)c2ccc(F)cc2)CC1. The number of likely N-dealkylation sites (tertiary alicyclic amines) is 1. The number of amides is 1. The van der Waals surface area contributed by atoms with E-state index in [-0.39, 0.29) is 30.8 Å². The molecule has 7 nitrogen and oxygen atoms in total. The monoisotopic (exact) mass is 331 g/mol. The van der Waals surface area contributed by atoms with Gasteiger partial charge in [0.15, 0.2) is 14.6 Å². The molecule has 2 N–H and O–H groups in total. The second kappa shape index (κ2) is 5.56. The number of aliphatic carboxylic acids is 1. The van der Waals surface area contributed by atoms with Gasteiger partial charge in [-0.05, 0) is 37.1 Å². The van der Waals surface area contributed by atoms with Crippen molar-refractivity contribution in [1.82, 2.24) is 4.90 Å². The Morgan fingerprint density at radius 3 is 2.00 bits per heavy atom. The van der Waals surface area contributed by atoms with Gasteiger partial charge in [-0.15, -0.1) is 0 Å². The van der Waals surface area contributed by atoms with E-state index in [0.717, 1.165) is 29.2 Å². The van der Waals surface area contributed by atoms with E-state index in [1.807, 2.05) is 0 Å². The summed E-state index contributed by atoms with van der Waals surface area (Å²) in [6, 6.07) is 3.90. The third-order valence-electron chi connectivity index (χ3n) is 3.87. The molecule has 1 aliphatic heterocycles. The van der Waals surface area contributed by atoms with Crippen molar-refractivity contribution in [2.75, 3.05) is 13.1 Å². The van der Waals surface area contributed by atoms with Gasteiger partial charge in [0.1, 0.15) is 5.82 Å². The Morgan fingerprint density at radius 1 is 1.09 bits per heavy atom. The van der Waals surface area contributed by atoms with E-state index < -0.39 is 32.5 Å². The molecule has 9 heteroatoms. The molecule has 1 aromatic carbocycles. The topological polar surface area (TPSA) is 112 Å². The third kappa shape index (κ3) is 2.52. The van der Waals surface area contributed by atoms with Crippen molar-refractivity contribution in [3.05, 3.63) is 30.1 Å². The number of nitrogens with zero attached hydrogens (tertiary/aromatic N) is 1. The first-order valence-electron chi connectivity index (χ1n) is 6.42. The number of carbonyl (C=O) groups is 2. The molecule has 1 aliphatic rings. The Bertz CT molecular complexity index is 692. The van der Waals surface area contributed by atoms with Gasteiger partial charge in [0.2, 0.25) is 0 Å². The molecule has 0 aromatic heterocycles. The van der Waals surface area contributed by atoms with Crippen LogP contribution in [0.4, 0.5) is 9.18 Å². The van der Waals surface area contributed by atoms with Crippen LogP contribution in [0.5, 0.6) is 0 Å². The van der Waals surface area contributed by atoms with Crippen LogP contribution in [0.15, 0.2) is 29.2 Å². The fourth-order valence-electron chi connectivity index (χ4n) is 2.50. The second-order valence-electron chi connectivity index (χ2n) is 5.03. The van der Waals surface area contributed by atoms with Crippen LogP contribution in [0.2, 0.25) is 0 Å². The van der Waals surface area contributed by atoms with Gasteiger partial charge in [-0.3, -0.25) is 4.79 Å². The fraction of sp³-hybridized carbons (Fsp3) is 0.385. The zero-order valence-electron chi connectivity index (χ0n) is 11.4. The van der Waals surface area contributed by atoms with Gasteiger partial charge >= 0.3 is 12.1 Å². The first-order chi connectivity index (χ1) is 10.2. The molecule has 0 radical (unpaired) electrons. The van der Waals surface area contributed by atoms with Crippen LogP contribution in [0.3, 0.4) is 0 Å². The number of hydrogen-bond donors (Lipinski definition) is 2. The number of hydrogen-bond acceptors (Lipinski definition) is 4. The zero-order chi connectivity index (χ0) is 16.5. The van der Waals surface area contributed by atoms with Crippen molar-refractivity contribution in [2.24, 2.45) is 0 Å². The average Bonchev–Trinajstić information content (AvgIpc) is 2.47. The Balaban J connectivity index is 2.42. The van der Waals surface area contributed by atoms with E-state index in [2.05, 4.69) is 0 Å². The highest BCUT2D eigenvalue weighted by atomic mass is 32.2. The molecule has 22 heavy (non-hydrogen) atoms. The largest absolute Gasteiger partial charge is 0.480 e. The highest BCUT2D eigenvalue weighted by molar-refractivity contribution is 7.93. The Kier molecular flexibility index (Phi) is 4.10. The lowest BCUT2D eigenvalue weighted by molar-refractivity contribution is -0.141. The number of carboxylic acids is 1. The Labute approximate surface area is 125 Å². The lowest BCUT2D eigenvalue weighted by atomic mass is 9.96. The highest BCUT2D eigenvalue weighted by Gasteiger charge is 2.53. The van der Waals surface area contributed by atoms with Crippen molar-refractivity contribution < 1.29 is 32.6 Å². The quantitative estimate of drug-likeness (QED) is 0.805. The van der Waals surface area contributed by atoms with Crippen LogP contribution in [0, 0.1) is 5.82 Å². The van der Waals surface area contributed by atoms with Crippen LogP contribution in [-0.4, -0.2) is 53.4 Å². The van der Waals surface area contributed by atoms with Crippen molar-refractivity contribution in [3.63, 3.8) is 0 Å². The van der Waals surface area contributed by atoms with Gasteiger partial charge < -0.3 is 15.1 Å². The number of halogens is 1. The fourth-order valence-corrected chi connectivity index (χ4v) is 4.39. The molecule has 0 atom stereocenters. The van der Waals surface area contributed by atoms with Gasteiger partial charge in [0.25, 0.3) is 0 Å². The van der Waals surface area contributed by atoms with Crippen molar-refractivity contribution in [3.8, 4) is 0 Å². The number of benzene rings is 1. The van der Waals surface area contributed by atoms with Crippen LogP contribution < -0.4 is 0 Å². The zero-order valence-corrected chi connectivity index (χ0v) is 12.2. The molecule has 1 saturated heterocycles. The molecule has 0 saturated carbocycles. The maximum absolute atomic E-state index is 12.9. The van der Waals surface area contributed by atoms with E-state index in [4.69, 9.17) is 5.11 Å². The lowest BCUT2D eigenvalue weighted by Gasteiger charge is -2.37. The van der Waals surface area contributed by atoms with Gasteiger partial charge in [0, 0.05) is 13.1 Å². The van der Waals surface area contributed by atoms with Gasteiger partial charge in [-0.2, -0.15) is 0 Å². The minimum atomic E-state index is -4.27. The van der Waals surface area contributed by atoms with E-state index in [1.165, 1.54) is 0 Å². The predicted molar refractivity (Wildman–Crippen MR) is 72.8 cm³/mol. The number of sulfone groups is 1. The molecule has 1 fully saturated rings. The Hall–Kier alpha value is -2.16. The molecule has 0 unspecified atom stereocenters. The summed E-state index contributed by atoms with van der Waals surface area (Å²) < 4.78 is 36.2. The second-order valence-corrected chi connectivity index (χ2v) is 7.29. The van der Waals surface area contributed by atoms with E-state index in [0.29, 0.717) is 0 Å². The summed E-state index contributed by atoms with van der Waals surface area (Å²) in [5.41, 5.74) is 0. The highest BCUT2D eigenvalue weighted by Crippen LogP contribution is 2.36. The minimum Gasteiger partial charge on any atom is -0.480 e. The summed E-state index contributed by atoms with van der Waals surface area (Å²) in [5.74, 6) is -2.16. The number of piperidine rings is 1.